The first kappa shape index (κ1) is 18.0. The van der Waals surface area contributed by atoms with E-state index in [4.69, 9.17) is 4.74 Å². The van der Waals surface area contributed by atoms with Gasteiger partial charge in [0, 0.05) is 39.3 Å². The van der Waals surface area contributed by atoms with Crippen LogP contribution in [0.5, 0.6) is 0 Å². The molecule has 25 heavy (non-hydrogen) atoms. The number of amides is 3. The molecule has 2 aliphatic heterocycles. The van der Waals surface area contributed by atoms with Crippen molar-refractivity contribution in [1.29, 1.82) is 0 Å². The molecule has 3 fully saturated rings. The zero-order valence-electron chi connectivity index (χ0n) is 15.3. The van der Waals surface area contributed by atoms with Crippen molar-refractivity contribution in [3.8, 4) is 0 Å². The van der Waals surface area contributed by atoms with Gasteiger partial charge in [-0.15, -0.1) is 0 Å². The van der Waals surface area contributed by atoms with Gasteiger partial charge in [0.15, 0.2) is 0 Å². The quantitative estimate of drug-likeness (QED) is 0.719. The minimum absolute atomic E-state index is 0.0252. The minimum atomic E-state index is -0.813. The van der Waals surface area contributed by atoms with Gasteiger partial charge in [0.2, 0.25) is 11.8 Å². The molecule has 0 spiro atoms. The third kappa shape index (κ3) is 3.60. The second kappa shape index (κ2) is 7.22. The maximum Gasteiger partial charge on any atom is 0.409 e. The second-order valence-electron chi connectivity index (χ2n) is 7.53. The monoisotopic (exact) mass is 351 g/mol. The van der Waals surface area contributed by atoms with E-state index in [-0.39, 0.29) is 17.9 Å². The summed E-state index contributed by atoms with van der Waals surface area (Å²) in [6, 6.07) is 0. The lowest BCUT2D eigenvalue weighted by Crippen LogP contribution is -2.55. The van der Waals surface area contributed by atoms with Gasteiger partial charge >= 0.3 is 6.09 Å². The molecule has 0 unspecified atom stereocenters. The molecule has 0 N–H and O–H groups in total. The molecule has 0 aromatic carbocycles. The molecule has 0 radical (unpaired) electrons. The first-order valence-corrected chi connectivity index (χ1v) is 9.48. The van der Waals surface area contributed by atoms with E-state index in [1.807, 2.05) is 4.90 Å². The lowest BCUT2D eigenvalue weighted by atomic mass is 9.96. The molecule has 0 aromatic rings. The molecule has 3 rings (SSSR count). The molecule has 0 atom stereocenters. The highest BCUT2D eigenvalue weighted by atomic mass is 16.6. The fourth-order valence-corrected chi connectivity index (χ4v) is 3.77. The molecular formula is C18H29N3O4. The van der Waals surface area contributed by atoms with Gasteiger partial charge in [0.1, 0.15) is 5.41 Å². The van der Waals surface area contributed by atoms with Crippen LogP contribution in [0.1, 0.15) is 39.5 Å². The van der Waals surface area contributed by atoms with Gasteiger partial charge in [-0.1, -0.05) is 6.92 Å². The molecule has 3 amide bonds. The summed E-state index contributed by atoms with van der Waals surface area (Å²) in [5.74, 6) is 0.641. The smallest absolute Gasteiger partial charge is 0.409 e. The molecular weight excluding hydrogens is 322 g/mol. The van der Waals surface area contributed by atoms with Crippen LogP contribution in [0.2, 0.25) is 0 Å². The Morgan fingerprint density at radius 1 is 0.880 bits per heavy atom. The van der Waals surface area contributed by atoms with Crippen molar-refractivity contribution < 1.29 is 19.1 Å². The average Bonchev–Trinajstić information content (AvgIpc) is 3.43. The van der Waals surface area contributed by atoms with Crippen molar-refractivity contribution in [1.82, 2.24) is 14.7 Å². The van der Waals surface area contributed by atoms with Crippen molar-refractivity contribution in [3.05, 3.63) is 0 Å². The van der Waals surface area contributed by atoms with E-state index in [1.54, 1.807) is 16.7 Å². The fraction of sp³-hybridized carbons (Fsp3) is 0.833. The van der Waals surface area contributed by atoms with Crippen molar-refractivity contribution in [2.24, 2.45) is 11.3 Å². The molecule has 2 heterocycles. The molecule has 3 aliphatic rings. The number of nitrogens with zero attached hydrogens (tertiary/aromatic N) is 3. The summed E-state index contributed by atoms with van der Waals surface area (Å²) in [7, 11) is 0. The van der Waals surface area contributed by atoms with E-state index in [9.17, 15) is 14.4 Å². The summed E-state index contributed by atoms with van der Waals surface area (Å²) in [6.07, 6.45) is 3.04. The van der Waals surface area contributed by atoms with Gasteiger partial charge in [-0.05, 0) is 38.5 Å². The molecule has 0 aromatic heterocycles. The summed E-state index contributed by atoms with van der Waals surface area (Å²) in [4.78, 5) is 42.9. The Labute approximate surface area is 149 Å². The van der Waals surface area contributed by atoms with Crippen LogP contribution in [0.25, 0.3) is 0 Å². The molecule has 140 valence electrons. The predicted octanol–water partition coefficient (Wildman–Crippen LogP) is 1.33. The van der Waals surface area contributed by atoms with Crippen molar-refractivity contribution in [2.75, 3.05) is 45.9 Å². The Bertz CT molecular complexity index is 530. The van der Waals surface area contributed by atoms with Crippen molar-refractivity contribution >= 4 is 17.9 Å². The normalized spacial score (nSPS) is 23.4. The lowest BCUT2D eigenvalue weighted by molar-refractivity contribution is -0.151. The van der Waals surface area contributed by atoms with E-state index < -0.39 is 5.41 Å². The molecule has 1 saturated carbocycles. The van der Waals surface area contributed by atoms with Gasteiger partial charge in [-0.2, -0.15) is 0 Å². The lowest BCUT2D eigenvalue weighted by Gasteiger charge is -2.37. The van der Waals surface area contributed by atoms with Gasteiger partial charge in [-0.25, -0.2) is 4.79 Å². The Morgan fingerprint density at radius 2 is 1.36 bits per heavy atom. The molecule has 1 aliphatic carbocycles. The standard InChI is InChI=1S/C18H29N3O4/c1-3-25-17(24)21-12-10-20(11-13-21)16(23)18(6-7-18)15(22)19-8-4-14(2)5-9-19/h14H,3-13H2,1-2H3. The topological polar surface area (TPSA) is 70.2 Å². The number of piperazine rings is 1. The van der Waals surface area contributed by atoms with Gasteiger partial charge < -0.3 is 19.4 Å². The summed E-state index contributed by atoms with van der Waals surface area (Å²) in [5.41, 5.74) is -0.813. The van der Waals surface area contributed by atoms with Crippen LogP contribution < -0.4 is 0 Å². The average molecular weight is 351 g/mol. The molecule has 7 heteroatoms. The summed E-state index contributed by atoms with van der Waals surface area (Å²) in [6.45, 7) is 7.77. The summed E-state index contributed by atoms with van der Waals surface area (Å²) < 4.78 is 5.01. The van der Waals surface area contributed by atoms with Crippen LogP contribution in [0.15, 0.2) is 0 Å². The predicted molar refractivity (Wildman–Crippen MR) is 91.8 cm³/mol. The van der Waals surface area contributed by atoms with Crippen LogP contribution in [-0.2, 0) is 14.3 Å². The zero-order valence-corrected chi connectivity index (χ0v) is 15.3. The van der Waals surface area contributed by atoms with Crippen LogP contribution in [0.4, 0.5) is 4.79 Å². The number of carbonyl (C=O) groups excluding carboxylic acids is 3. The van der Waals surface area contributed by atoms with Gasteiger partial charge in [0.05, 0.1) is 6.61 Å². The Balaban J connectivity index is 1.56. The van der Waals surface area contributed by atoms with Crippen molar-refractivity contribution in [3.63, 3.8) is 0 Å². The zero-order chi connectivity index (χ0) is 18.0. The Kier molecular flexibility index (Phi) is 5.20. The highest BCUT2D eigenvalue weighted by Crippen LogP contribution is 2.49. The number of rotatable bonds is 3. The van der Waals surface area contributed by atoms with Gasteiger partial charge in [-0.3, -0.25) is 9.59 Å². The van der Waals surface area contributed by atoms with E-state index in [0.717, 1.165) is 25.9 Å². The number of piperidine rings is 1. The van der Waals surface area contributed by atoms with Crippen LogP contribution in [0.3, 0.4) is 0 Å². The Morgan fingerprint density at radius 3 is 1.84 bits per heavy atom. The number of hydrogen-bond donors (Lipinski definition) is 0. The van der Waals surface area contributed by atoms with Gasteiger partial charge in [0.25, 0.3) is 0 Å². The third-order valence-corrected chi connectivity index (χ3v) is 5.73. The number of hydrogen-bond acceptors (Lipinski definition) is 4. The second-order valence-corrected chi connectivity index (χ2v) is 7.53. The Hall–Kier alpha value is -1.79. The maximum atomic E-state index is 13.0. The number of likely N-dealkylation sites (tertiary alicyclic amines) is 1. The van der Waals surface area contributed by atoms with E-state index in [2.05, 4.69) is 6.92 Å². The molecule has 7 nitrogen and oxygen atoms in total. The minimum Gasteiger partial charge on any atom is -0.450 e. The van der Waals surface area contributed by atoms with Crippen LogP contribution in [0, 0.1) is 11.3 Å². The third-order valence-electron chi connectivity index (χ3n) is 5.73. The SMILES string of the molecule is CCOC(=O)N1CCN(C(=O)C2(C(=O)N3CCC(C)CC3)CC2)CC1. The van der Waals surface area contributed by atoms with Crippen LogP contribution >= 0.6 is 0 Å². The largest absolute Gasteiger partial charge is 0.450 e. The maximum absolute atomic E-state index is 13.0. The van der Waals surface area contributed by atoms with E-state index >= 15 is 0 Å². The molecule has 2 saturated heterocycles. The van der Waals surface area contributed by atoms with Crippen LogP contribution in [-0.4, -0.2) is 78.5 Å². The summed E-state index contributed by atoms with van der Waals surface area (Å²) in [5, 5.41) is 0. The summed E-state index contributed by atoms with van der Waals surface area (Å²) >= 11 is 0. The first-order chi connectivity index (χ1) is 12.0. The van der Waals surface area contributed by atoms with E-state index in [0.29, 0.717) is 51.5 Å². The van der Waals surface area contributed by atoms with Crippen molar-refractivity contribution in [2.45, 2.75) is 39.5 Å². The highest BCUT2D eigenvalue weighted by molar-refractivity contribution is 6.08. The number of ether oxygens (including phenoxy) is 1. The fourth-order valence-electron chi connectivity index (χ4n) is 3.77. The van der Waals surface area contributed by atoms with E-state index in [1.165, 1.54) is 0 Å². The molecule has 0 bridgehead atoms. The highest BCUT2D eigenvalue weighted by Gasteiger charge is 2.59. The number of carbonyl (C=O) groups is 3. The first-order valence-electron chi connectivity index (χ1n) is 9.48.